The number of anilines is 1. The minimum Gasteiger partial charge on any atom is -0.463 e. The van der Waals surface area contributed by atoms with E-state index in [-0.39, 0.29) is 24.4 Å². The number of furan rings is 1. The summed E-state index contributed by atoms with van der Waals surface area (Å²) in [5.41, 5.74) is 2.74. The van der Waals surface area contributed by atoms with E-state index in [0.717, 1.165) is 42.5 Å². The smallest absolute Gasteiger partial charge is 0.277 e. The molecule has 3 aromatic rings. The first kappa shape index (κ1) is 23.4. The Morgan fingerprint density at radius 3 is 2.51 bits per heavy atom. The SMILES string of the molecule is Cc1ccc(N2C(=O)c3cc(-c4ccco4)nn3C[C@@]2(C)C(=O)NC2CCCCCCC2)c(C)c1. The molecule has 0 unspecified atom stereocenters. The van der Waals surface area contributed by atoms with Crippen molar-refractivity contribution in [1.29, 1.82) is 0 Å². The minimum atomic E-state index is -1.13. The molecule has 7 nitrogen and oxygen atoms in total. The highest BCUT2D eigenvalue weighted by molar-refractivity contribution is 6.12. The van der Waals surface area contributed by atoms with Crippen LogP contribution in [0.15, 0.2) is 47.1 Å². The Balaban J connectivity index is 1.55. The summed E-state index contributed by atoms with van der Waals surface area (Å²) < 4.78 is 7.18. The van der Waals surface area contributed by atoms with Crippen molar-refractivity contribution >= 4 is 17.5 Å². The summed E-state index contributed by atoms with van der Waals surface area (Å²) in [6, 6.07) is 11.5. The maximum atomic E-state index is 14.0. The fourth-order valence-corrected chi connectivity index (χ4v) is 5.50. The maximum absolute atomic E-state index is 14.0. The zero-order chi connectivity index (χ0) is 24.6. The van der Waals surface area contributed by atoms with Crippen LogP contribution in [-0.4, -0.2) is 33.2 Å². The number of rotatable bonds is 4. The fourth-order valence-electron chi connectivity index (χ4n) is 5.50. The summed E-state index contributed by atoms with van der Waals surface area (Å²) in [5, 5.41) is 7.98. The van der Waals surface area contributed by atoms with Crippen molar-refractivity contribution in [2.75, 3.05) is 4.90 Å². The van der Waals surface area contributed by atoms with Gasteiger partial charge in [-0.2, -0.15) is 5.10 Å². The molecule has 2 amide bonds. The summed E-state index contributed by atoms with van der Waals surface area (Å²) >= 11 is 0. The summed E-state index contributed by atoms with van der Waals surface area (Å²) in [5.74, 6) is 0.236. The third kappa shape index (κ3) is 4.40. The summed E-state index contributed by atoms with van der Waals surface area (Å²) in [4.78, 5) is 29.7. The molecular weight excluding hydrogens is 440 g/mol. The first-order valence-electron chi connectivity index (χ1n) is 12.7. The number of aromatic nitrogens is 2. The van der Waals surface area contributed by atoms with Crippen LogP contribution in [0.25, 0.3) is 11.5 Å². The van der Waals surface area contributed by atoms with E-state index in [1.165, 1.54) is 19.3 Å². The third-order valence-corrected chi connectivity index (χ3v) is 7.45. The van der Waals surface area contributed by atoms with Crippen LogP contribution in [0.2, 0.25) is 0 Å². The van der Waals surface area contributed by atoms with Gasteiger partial charge in [-0.3, -0.25) is 19.2 Å². The van der Waals surface area contributed by atoms with Crippen LogP contribution in [0.5, 0.6) is 0 Å². The number of benzene rings is 1. The Bertz CT molecular complexity index is 1220. The van der Waals surface area contributed by atoms with Crippen molar-refractivity contribution in [2.24, 2.45) is 0 Å². The lowest BCUT2D eigenvalue weighted by Crippen LogP contribution is -2.65. The molecule has 1 aliphatic heterocycles. The van der Waals surface area contributed by atoms with Crippen molar-refractivity contribution < 1.29 is 14.0 Å². The van der Waals surface area contributed by atoms with E-state index in [0.29, 0.717) is 17.1 Å². The average Bonchev–Trinajstić information content (AvgIpc) is 3.47. The lowest BCUT2D eigenvalue weighted by Gasteiger charge is -2.44. The van der Waals surface area contributed by atoms with Crippen LogP contribution in [0.3, 0.4) is 0 Å². The molecule has 1 aliphatic carbocycles. The second-order valence-corrected chi connectivity index (χ2v) is 10.3. The number of aryl methyl sites for hydroxylation is 2. The zero-order valence-corrected chi connectivity index (χ0v) is 20.8. The van der Waals surface area contributed by atoms with E-state index in [2.05, 4.69) is 16.5 Å². The van der Waals surface area contributed by atoms with Gasteiger partial charge in [0.2, 0.25) is 5.91 Å². The second-order valence-electron chi connectivity index (χ2n) is 10.3. The normalized spacial score (nSPS) is 21.3. The molecule has 0 radical (unpaired) electrons. The van der Waals surface area contributed by atoms with Crippen molar-refractivity contribution in [3.63, 3.8) is 0 Å². The van der Waals surface area contributed by atoms with Gasteiger partial charge >= 0.3 is 0 Å². The quantitative estimate of drug-likeness (QED) is 0.548. The van der Waals surface area contributed by atoms with Crippen molar-refractivity contribution in [3.05, 3.63) is 59.5 Å². The van der Waals surface area contributed by atoms with Crippen LogP contribution in [0.1, 0.15) is 73.5 Å². The van der Waals surface area contributed by atoms with Gasteiger partial charge in [0.15, 0.2) is 5.76 Å². The first-order chi connectivity index (χ1) is 16.9. The molecule has 7 heteroatoms. The third-order valence-electron chi connectivity index (χ3n) is 7.45. The number of nitrogens with zero attached hydrogens (tertiary/aromatic N) is 3. The lowest BCUT2D eigenvalue weighted by molar-refractivity contribution is -0.127. The van der Waals surface area contributed by atoms with E-state index in [1.807, 2.05) is 39.0 Å². The summed E-state index contributed by atoms with van der Waals surface area (Å²) in [7, 11) is 0. The number of amides is 2. The molecular formula is C28H34N4O3. The highest BCUT2D eigenvalue weighted by Gasteiger charge is 2.49. The molecule has 2 aromatic heterocycles. The molecule has 1 aromatic carbocycles. The Morgan fingerprint density at radius 1 is 1.09 bits per heavy atom. The van der Waals surface area contributed by atoms with Crippen LogP contribution < -0.4 is 10.2 Å². The van der Waals surface area contributed by atoms with Crippen LogP contribution in [0, 0.1) is 13.8 Å². The molecule has 0 saturated heterocycles. The van der Waals surface area contributed by atoms with Crippen LogP contribution in [0.4, 0.5) is 5.69 Å². The molecule has 1 saturated carbocycles. The van der Waals surface area contributed by atoms with E-state index >= 15 is 0 Å². The Labute approximate surface area is 206 Å². The van der Waals surface area contributed by atoms with Gasteiger partial charge in [-0.15, -0.1) is 0 Å². The van der Waals surface area contributed by atoms with E-state index in [4.69, 9.17) is 4.42 Å². The first-order valence-corrected chi connectivity index (χ1v) is 12.7. The molecule has 35 heavy (non-hydrogen) atoms. The zero-order valence-electron chi connectivity index (χ0n) is 20.8. The Kier molecular flexibility index (Phi) is 6.26. The van der Waals surface area contributed by atoms with Gasteiger partial charge in [-0.1, -0.05) is 49.8 Å². The molecule has 0 spiro atoms. The van der Waals surface area contributed by atoms with Crippen molar-refractivity contribution in [3.8, 4) is 11.5 Å². The molecule has 2 aliphatic rings. The van der Waals surface area contributed by atoms with Gasteiger partial charge in [0.05, 0.1) is 12.8 Å². The van der Waals surface area contributed by atoms with Crippen LogP contribution >= 0.6 is 0 Å². The molecule has 3 heterocycles. The topological polar surface area (TPSA) is 80.4 Å². The second kappa shape index (κ2) is 9.36. The number of hydrogen-bond donors (Lipinski definition) is 1. The highest BCUT2D eigenvalue weighted by atomic mass is 16.3. The Morgan fingerprint density at radius 2 is 1.83 bits per heavy atom. The van der Waals surface area contributed by atoms with Gasteiger partial charge in [-0.25, -0.2) is 0 Å². The van der Waals surface area contributed by atoms with Crippen LogP contribution in [-0.2, 0) is 11.3 Å². The molecule has 0 bridgehead atoms. The molecule has 5 rings (SSSR count). The number of hydrogen-bond acceptors (Lipinski definition) is 4. The monoisotopic (exact) mass is 474 g/mol. The lowest BCUT2D eigenvalue weighted by atomic mass is 9.91. The Hall–Kier alpha value is -3.35. The summed E-state index contributed by atoms with van der Waals surface area (Å²) in [6.45, 7) is 6.14. The standard InChI is InChI=1S/C28H34N4O3/c1-19-13-14-23(20(2)16-19)32-26(33)24-17-22(25-12-9-15-35-25)30-31(24)18-28(32,3)27(34)29-21-10-7-5-4-6-8-11-21/h9,12-17,21H,4-8,10-11,18H2,1-3H3,(H,29,34)/t28-/m0/s1. The van der Waals surface area contributed by atoms with E-state index in [1.54, 1.807) is 28.0 Å². The summed E-state index contributed by atoms with van der Waals surface area (Å²) in [6.07, 6.45) is 9.49. The molecule has 184 valence electrons. The highest BCUT2D eigenvalue weighted by Crippen LogP contribution is 2.36. The van der Waals surface area contributed by atoms with Gasteiger partial charge < -0.3 is 9.73 Å². The van der Waals surface area contributed by atoms with Crippen molar-refractivity contribution in [1.82, 2.24) is 15.1 Å². The molecule has 1 N–H and O–H groups in total. The van der Waals surface area contributed by atoms with Gasteiger partial charge in [-0.05, 0) is 57.4 Å². The fraction of sp³-hybridized carbons (Fsp3) is 0.464. The van der Waals surface area contributed by atoms with E-state index in [9.17, 15) is 9.59 Å². The maximum Gasteiger partial charge on any atom is 0.277 e. The largest absolute Gasteiger partial charge is 0.463 e. The van der Waals surface area contributed by atoms with Gasteiger partial charge in [0, 0.05) is 17.8 Å². The number of carbonyl (C=O) groups is 2. The molecule has 1 atom stereocenters. The molecule has 1 fully saturated rings. The average molecular weight is 475 g/mol. The predicted octanol–water partition coefficient (Wildman–Crippen LogP) is 5.41. The predicted molar refractivity (Wildman–Crippen MR) is 135 cm³/mol. The van der Waals surface area contributed by atoms with Gasteiger partial charge in [0.25, 0.3) is 5.91 Å². The minimum absolute atomic E-state index is 0.128. The number of nitrogens with one attached hydrogen (secondary N) is 1. The van der Waals surface area contributed by atoms with Gasteiger partial charge in [0.1, 0.15) is 16.9 Å². The number of fused-ring (bicyclic) bond motifs is 1. The van der Waals surface area contributed by atoms with Crippen molar-refractivity contribution in [2.45, 2.75) is 83.8 Å². The number of carbonyl (C=O) groups excluding carboxylic acids is 2. The van der Waals surface area contributed by atoms with E-state index < -0.39 is 5.54 Å².